The molecule has 1 amide bonds. The summed E-state index contributed by atoms with van der Waals surface area (Å²) in [6.07, 6.45) is 4.00. The van der Waals surface area contributed by atoms with E-state index in [2.05, 4.69) is 29.2 Å². The van der Waals surface area contributed by atoms with E-state index in [9.17, 15) is 9.59 Å². The van der Waals surface area contributed by atoms with Gasteiger partial charge in [0, 0.05) is 32.6 Å². The van der Waals surface area contributed by atoms with Crippen molar-refractivity contribution in [3.63, 3.8) is 0 Å². The largest absolute Gasteiger partial charge is 0.346 e. The van der Waals surface area contributed by atoms with Crippen molar-refractivity contribution in [1.29, 1.82) is 0 Å². The first kappa shape index (κ1) is 18.0. The summed E-state index contributed by atoms with van der Waals surface area (Å²) in [6.45, 7) is 3.03. The Morgan fingerprint density at radius 3 is 2.74 bits per heavy atom. The lowest BCUT2D eigenvalue weighted by atomic mass is 10.0. The Morgan fingerprint density at radius 2 is 1.93 bits per heavy atom. The molecule has 0 radical (unpaired) electrons. The normalized spacial score (nSPS) is 20.9. The van der Waals surface area contributed by atoms with Crippen LogP contribution in [-0.4, -0.2) is 56.7 Å². The van der Waals surface area contributed by atoms with E-state index in [1.54, 1.807) is 4.57 Å². The zero-order valence-electron chi connectivity index (χ0n) is 15.9. The molecule has 0 saturated carbocycles. The summed E-state index contributed by atoms with van der Waals surface area (Å²) < 4.78 is 3.11. The van der Waals surface area contributed by atoms with Crippen LogP contribution in [0.5, 0.6) is 0 Å². The summed E-state index contributed by atoms with van der Waals surface area (Å²) in [6, 6.07) is 10.1. The van der Waals surface area contributed by atoms with Gasteiger partial charge in [0.1, 0.15) is 12.4 Å². The molecule has 1 aromatic carbocycles. The lowest BCUT2D eigenvalue weighted by Gasteiger charge is -2.40. The maximum absolute atomic E-state index is 13.1. The van der Waals surface area contributed by atoms with Crippen LogP contribution < -0.4 is 5.69 Å². The van der Waals surface area contributed by atoms with Gasteiger partial charge in [-0.05, 0) is 25.5 Å². The minimum atomic E-state index is -0.148. The molecular weight excluding hydrogens is 342 g/mol. The number of amides is 1. The lowest BCUT2D eigenvalue weighted by Crippen LogP contribution is -2.50. The van der Waals surface area contributed by atoms with Gasteiger partial charge in [0.15, 0.2) is 0 Å². The van der Waals surface area contributed by atoms with Gasteiger partial charge in [-0.3, -0.25) is 9.36 Å². The molecule has 4 rings (SSSR count). The molecule has 144 valence electrons. The van der Waals surface area contributed by atoms with Crippen molar-refractivity contribution in [1.82, 2.24) is 24.1 Å². The number of fused-ring (bicyclic) bond motifs is 1. The van der Waals surface area contributed by atoms with Gasteiger partial charge in [0.05, 0.1) is 6.04 Å². The molecule has 2 aromatic rings. The summed E-state index contributed by atoms with van der Waals surface area (Å²) in [5.74, 6) is 0.788. The number of benzene rings is 1. The zero-order chi connectivity index (χ0) is 18.8. The van der Waals surface area contributed by atoms with Crippen molar-refractivity contribution in [3.8, 4) is 0 Å². The molecule has 1 unspecified atom stereocenters. The second-order valence-electron chi connectivity index (χ2n) is 7.59. The van der Waals surface area contributed by atoms with E-state index in [4.69, 9.17) is 0 Å². The average molecular weight is 369 g/mol. The van der Waals surface area contributed by atoms with Gasteiger partial charge >= 0.3 is 5.69 Å². The number of piperazine rings is 1. The summed E-state index contributed by atoms with van der Waals surface area (Å²) in [4.78, 5) is 29.9. The van der Waals surface area contributed by atoms with Crippen molar-refractivity contribution in [2.24, 2.45) is 0 Å². The van der Waals surface area contributed by atoms with Crippen LogP contribution >= 0.6 is 0 Å². The highest BCUT2D eigenvalue weighted by molar-refractivity contribution is 5.76. The maximum atomic E-state index is 13.1. The van der Waals surface area contributed by atoms with Gasteiger partial charge < -0.3 is 9.80 Å². The van der Waals surface area contributed by atoms with Gasteiger partial charge in [-0.2, -0.15) is 5.10 Å². The van der Waals surface area contributed by atoms with Gasteiger partial charge in [-0.25, -0.2) is 9.48 Å². The molecule has 1 saturated heterocycles. The first-order valence-corrected chi connectivity index (χ1v) is 9.83. The fraction of sp³-hybridized carbons (Fsp3) is 0.550. The Kier molecular flexibility index (Phi) is 5.11. The van der Waals surface area contributed by atoms with Crippen molar-refractivity contribution in [2.45, 2.75) is 44.8 Å². The van der Waals surface area contributed by atoms with Gasteiger partial charge in [-0.15, -0.1) is 0 Å². The van der Waals surface area contributed by atoms with E-state index in [1.807, 2.05) is 23.1 Å². The van der Waals surface area contributed by atoms with E-state index in [1.165, 1.54) is 4.68 Å². The molecule has 1 aromatic heterocycles. The number of likely N-dealkylation sites (N-methyl/N-ethyl adjacent to an activating group) is 1. The Morgan fingerprint density at radius 1 is 1.11 bits per heavy atom. The number of hydrogen-bond donors (Lipinski definition) is 0. The molecular formula is C20H27N5O2. The maximum Gasteiger partial charge on any atom is 0.346 e. The monoisotopic (exact) mass is 369 g/mol. The lowest BCUT2D eigenvalue weighted by molar-refractivity contribution is -0.137. The molecule has 1 fully saturated rings. The number of carbonyl (C=O) groups is 1. The van der Waals surface area contributed by atoms with Crippen molar-refractivity contribution in [2.75, 3.05) is 26.7 Å². The van der Waals surface area contributed by atoms with Gasteiger partial charge in [-0.1, -0.05) is 36.8 Å². The predicted octanol–water partition coefficient (Wildman–Crippen LogP) is 1.29. The van der Waals surface area contributed by atoms with E-state index in [0.717, 1.165) is 50.2 Å². The topological polar surface area (TPSA) is 63.4 Å². The molecule has 0 N–H and O–H groups in total. The molecule has 0 aliphatic carbocycles. The van der Waals surface area contributed by atoms with Crippen LogP contribution in [0.1, 0.15) is 36.7 Å². The molecule has 7 nitrogen and oxygen atoms in total. The number of rotatable bonds is 3. The first-order chi connectivity index (χ1) is 13.1. The summed E-state index contributed by atoms with van der Waals surface area (Å²) in [7, 11) is 2.08. The van der Waals surface area contributed by atoms with Crippen LogP contribution in [-0.2, 0) is 24.3 Å². The zero-order valence-corrected chi connectivity index (χ0v) is 15.9. The van der Waals surface area contributed by atoms with Crippen LogP contribution in [0.25, 0.3) is 0 Å². The fourth-order valence-corrected chi connectivity index (χ4v) is 4.13. The third kappa shape index (κ3) is 3.69. The van der Waals surface area contributed by atoms with Gasteiger partial charge in [0.2, 0.25) is 5.91 Å². The smallest absolute Gasteiger partial charge is 0.331 e. The third-order valence-corrected chi connectivity index (χ3v) is 5.65. The second kappa shape index (κ2) is 7.68. The highest BCUT2D eigenvalue weighted by Gasteiger charge is 2.31. The average Bonchev–Trinajstić information content (AvgIpc) is 2.85. The van der Waals surface area contributed by atoms with E-state index >= 15 is 0 Å². The predicted molar refractivity (Wildman–Crippen MR) is 102 cm³/mol. The standard InChI is InChI=1S/C20H27N5O2/c1-22-12-13-23(17(14-22)16-8-4-2-5-9-16)19(26)15-25-20(27)24-11-7-3-6-10-18(24)21-25/h2,4-5,8-9,17H,3,6-7,10-15H2,1H3. The van der Waals surface area contributed by atoms with Gasteiger partial charge in [0.25, 0.3) is 0 Å². The Bertz CT molecular complexity index is 857. The summed E-state index contributed by atoms with van der Waals surface area (Å²) >= 11 is 0. The van der Waals surface area contributed by atoms with Crippen LogP contribution in [0, 0.1) is 0 Å². The Labute approximate surface area is 159 Å². The first-order valence-electron chi connectivity index (χ1n) is 9.83. The van der Waals surface area contributed by atoms with Crippen molar-refractivity contribution < 1.29 is 4.79 Å². The Balaban J connectivity index is 1.56. The van der Waals surface area contributed by atoms with Crippen LogP contribution in [0.15, 0.2) is 35.1 Å². The highest BCUT2D eigenvalue weighted by atomic mass is 16.2. The number of hydrogen-bond acceptors (Lipinski definition) is 4. The van der Waals surface area contributed by atoms with Crippen LogP contribution in [0.2, 0.25) is 0 Å². The molecule has 1 atom stereocenters. The quantitative estimate of drug-likeness (QED) is 0.818. The number of aryl methyl sites for hydroxylation is 1. The minimum Gasteiger partial charge on any atom is -0.331 e. The second-order valence-corrected chi connectivity index (χ2v) is 7.59. The molecule has 7 heteroatoms. The van der Waals surface area contributed by atoms with Crippen molar-refractivity contribution in [3.05, 3.63) is 52.2 Å². The minimum absolute atomic E-state index is 0.00796. The molecule has 0 bridgehead atoms. The number of aromatic nitrogens is 3. The number of carbonyl (C=O) groups excluding carboxylic acids is 1. The third-order valence-electron chi connectivity index (χ3n) is 5.65. The Hall–Kier alpha value is -2.41. The fourth-order valence-electron chi connectivity index (χ4n) is 4.13. The molecule has 2 aliphatic rings. The van der Waals surface area contributed by atoms with E-state index < -0.39 is 0 Å². The summed E-state index contributed by atoms with van der Waals surface area (Å²) in [5, 5.41) is 4.47. The summed E-state index contributed by atoms with van der Waals surface area (Å²) in [5.41, 5.74) is 0.982. The van der Waals surface area contributed by atoms with Crippen LogP contribution in [0.3, 0.4) is 0 Å². The molecule has 0 spiro atoms. The molecule has 27 heavy (non-hydrogen) atoms. The molecule has 2 aliphatic heterocycles. The number of nitrogens with zero attached hydrogens (tertiary/aromatic N) is 5. The highest BCUT2D eigenvalue weighted by Crippen LogP contribution is 2.25. The SMILES string of the molecule is CN1CCN(C(=O)Cn2nc3n(c2=O)CCCCC3)C(c2ccccc2)C1. The van der Waals surface area contributed by atoms with E-state index in [0.29, 0.717) is 13.1 Å². The molecule has 3 heterocycles. The van der Waals surface area contributed by atoms with E-state index in [-0.39, 0.29) is 24.2 Å². The van der Waals surface area contributed by atoms with Crippen molar-refractivity contribution >= 4 is 5.91 Å². The van der Waals surface area contributed by atoms with Crippen LogP contribution in [0.4, 0.5) is 0 Å².